The minimum absolute atomic E-state index is 1.01. The number of fused-ring (bicyclic) bond motifs is 2. The Labute approximate surface area is 574 Å². The van der Waals surface area contributed by atoms with E-state index in [0.29, 0.717) is 0 Å². The van der Waals surface area contributed by atoms with Gasteiger partial charge in [-0.15, -0.1) is 68.0 Å². The van der Waals surface area contributed by atoms with Gasteiger partial charge in [0.15, 0.2) is 0 Å². The molecule has 0 aliphatic carbocycles. The molecular weight excluding hydrogens is 1310 g/mol. The summed E-state index contributed by atoms with van der Waals surface area (Å²) >= 11 is 12.9. The van der Waals surface area contributed by atoms with Gasteiger partial charge in [-0.2, -0.15) is 0 Å². The molecule has 2 aliphatic heterocycles. The zero-order chi connectivity index (χ0) is 63.7. The highest BCUT2D eigenvalue weighted by Gasteiger charge is 2.49. The van der Waals surface area contributed by atoms with Gasteiger partial charge in [0.25, 0.3) is 0 Å². The summed E-state index contributed by atoms with van der Waals surface area (Å²) in [6.45, 7) is 47.3. The number of nitrogens with one attached hydrogen (secondary N) is 2. The number of hydrogen-bond acceptors (Lipinski definition) is 10. The summed E-state index contributed by atoms with van der Waals surface area (Å²) in [6.07, 6.45) is 25.4. The molecule has 8 rings (SSSR count). The van der Waals surface area contributed by atoms with Crippen LogP contribution in [0.2, 0.25) is 140 Å². The third kappa shape index (κ3) is 17.6. The topological polar surface area (TPSA) is 30.5 Å². The molecule has 8 heterocycles. The van der Waals surface area contributed by atoms with Crippen LogP contribution >= 0.6 is 68.0 Å². The van der Waals surface area contributed by atoms with Gasteiger partial charge in [-0.1, -0.05) is 208 Å². The zero-order valence-electron chi connectivity index (χ0n) is 58.6. The Morgan fingerprint density at radius 2 is 0.761 bits per heavy atom. The number of anilines is 4. The van der Waals surface area contributed by atoms with Gasteiger partial charge in [0, 0.05) is 38.5 Å². The molecule has 88 heavy (non-hydrogen) atoms. The number of rotatable bonds is 33. The molecule has 0 amide bonds. The van der Waals surface area contributed by atoms with Crippen LogP contribution in [-0.4, -0.2) is 68.5 Å². The summed E-state index contributed by atoms with van der Waals surface area (Å²) in [5.74, 6) is 0. The van der Waals surface area contributed by atoms with Crippen LogP contribution in [0, 0.1) is 0 Å². The highest BCUT2D eigenvalue weighted by atomic mass is 32.1. The molecule has 0 saturated heterocycles. The van der Waals surface area contributed by atoms with Crippen LogP contribution in [0.3, 0.4) is 0 Å². The summed E-state index contributed by atoms with van der Waals surface area (Å²) in [6, 6.07) is 21.5. The highest BCUT2D eigenvalue weighted by Crippen LogP contribution is 2.62. The Morgan fingerprint density at radius 1 is 0.420 bits per heavy atom. The smallest absolute Gasteiger partial charge is 0.147 e. The molecule has 486 valence electrons. The van der Waals surface area contributed by atoms with Crippen molar-refractivity contribution in [2.45, 2.75) is 296 Å². The maximum atomic E-state index is 4.66. The fraction of sp³-hybridized carbons (Fsp3) is 0.657. The summed E-state index contributed by atoms with van der Waals surface area (Å²) in [5, 5.41) is 4.91. The average Bonchev–Trinajstić information content (AvgIpc) is 1.83. The van der Waals surface area contributed by atoms with E-state index in [0.717, 1.165) is 31.9 Å². The fourth-order valence-electron chi connectivity index (χ4n) is 14.6. The minimum Gasteiger partial charge on any atom is -0.421 e. The Morgan fingerprint density at radius 3 is 1.09 bits per heavy atom. The summed E-state index contributed by atoms with van der Waals surface area (Å²) in [7, 11) is -9.46. The number of hydrogen-bond donors (Lipinski definition) is 2. The molecule has 4 radical (unpaired) electrons. The molecule has 6 aromatic heterocycles. The number of aryl methyl sites for hydroxylation is 4. The van der Waals surface area contributed by atoms with Crippen molar-refractivity contribution in [3.05, 3.63) is 57.3 Å². The number of thiophene rings is 6. The standard InChI is InChI=1S/C70H118N4S6Si8/c1-19-23-27-31-35-53-39-41-75-63(53)69-61-59(71-83(7,8)47-49-87(15,16)73(61)85(11,12)45-43-81-5)67(79-69)65-55(37-33-29-25-21-3)51-57(77-65)58-52-56(38-34-30-26-22-4)66(78-58)68-60-62(70(80-68)64-54(40-42-76-64)36-32-28-24-20-2)74(86(13,14)46-44-82-6)88(17,18)50-48-84(9,10)72-60/h39-42,51-52,71-72H,19-38,43-50H2,1-18H3. The van der Waals surface area contributed by atoms with Gasteiger partial charge in [-0.25, -0.2) is 0 Å². The van der Waals surface area contributed by atoms with Crippen LogP contribution in [0.1, 0.15) is 153 Å². The second kappa shape index (κ2) is 32.2. The van der Waals surface area contributed by atoms with Crippen molar-refractivity contribution in [1.29, 1.82) is 0 Å². The second-order valence-electron chi connectivity index (χ2n) is 30.3. The van der Waals surface area contributed by atoms with E-state index in [2.05, 4.69) is 241 Å². The Balaban J connectivity index is 1.41. The molecular formula is C70H118N4S6Si8. The van der Waals surface area contributed by atoms with Crippen LogP contribution in [0.25, 0.3) is 48.8 Å². The number of unbranched alkanes of at least 4 members (excludes halogenated alkanes) is 12. The molecule has 0 unspecified atom stereocenters. The van der Waals surface area contributed by atoms with E-state index >= 15 is 0 Å². The Kier molecular flexibility index (Phi) is 26.7. The van der Waals surface area contributed by atoms with E-state index in [-0.39, 0.29) is 0 Å². The van der Waals surface area contributed by atoms with E-state index in [1.54, 1.807) is 72.6 Å². The van der Waals surface area contributed by atoms with Crippen molar-refractivity contribution in [2.24, 2.45) is 0 Å². The second-order valence-corrected chi connectivity index (χ2v) is 66.9. The van der Waals surface area contributed by atoms with Crippen molar-refractivity contribution in [3.63, 3.8) is 0 Å². The van der Waals surface area contributed by atoms with Gasteiger partial charge in [0.1, 0.15) is 49.4 Å². The maximum Gasteiger partial charge on any atom is 0.147 e. The Hall–Kier alpha value is -0.865. The molecule has 0 fully saturated rings. The third-order valence-corrected chi connectivity index (χ3v) is 54.4. The van der Waals surface area contributed by atoms with Gasteiger partial charge < -0.3 is 18.4 Å². The summed E-state index contributed by atoms with van der Waals surface area (Å²) in [4.78, 5) is 25.0. The molecule has 0 aromatic carbocycles. The SMILES string of the molecule is CCCCCCc1cc(-c2cc(CCCCCC)c(-c3sc(-c4sccc4CCCCCC)c4c3N[Si](C)(C)CC[Si](C)(C)N4[Si](C)(C)CC[Si]C)s2)sc1-c1sc(-c2sccc2CCCCCC)c2c1N[Si](C)(C)CC[Si](C)(C)N2[Si](C)(C)CC[Si]C. The van der Waals surface area contributed by atoms with Crippen molar-refractivity contribution >= 4 is 159 Å². The zero-order valence-corrected chi connectivity index (χ0v) is 71.5. The molecule has 0 spiro atoms. The lowest BCUT2D eigenvalue weighted by Gasteiger charge is -2.52. The monoisotopic (exact) mass is 1430 g/mol. The fourth-order valence-corrected chi connectivity index (χ4v) is 60.3. The van der Waals surface area contributed by atoms with Gasteiger partial charge in [-0.3, -0.25) is 0 Å². The molecule has 4 nitrogen and oxygen atoms in total. The summed E-state index contributed by atoms with van der Waals surface area (Å²) < 4.78 is 6.58. The predicted octanol–water partition coefficient (Wildman–Crippen LogP) is 26.9. The van der Waals surface area contributed by atoms with Gasteiger partial charge in [-0.05, 0) is 145 Å². The van der Waals surface area contributed by atoms with E-state index in [1.807, 2.05) is 0 Å². The Bertz CT molecular complexity index is 2950. The van der Waals surface area contributed by atoms with Crippen molar-refractivity contribution in [2.75, 3.05) is 18.4 Å². The minimum atomic E-state index is -1.93. The largest absolute Gasteiger partial charge is 0.421 e. The predicted molar refractivity (Wildman–Crippen MR) is 431 cm³/mol. The van der Waals surface area contributed by atoms with Crippen LogP contribution in [0.5, 0.6) is 0 Å². The van der Waals surface area contributed by atoms with E-state index in [4.69, 9.17) is 0 Å². The molecule has 18 heteroatoms. The first-order valence-corrected chi connectivity index (χ1v) is 62.5. The first-order chi connectivity index (χ1) is 41.9. The molecule has 2 N–H and O–H groups in total. The van der Waals surface area contributed by atoms with E-state index in [1.165, 1.54) is 185 Å². The molecule has 0 bridgehead atoms. The van der Waals surface area contributed by atoms with Crippen LogP contribution in [-0.2, 0) is 25.7 Å². The number of nitrogens with zero attached hydrogens (tertiary/aromatic N) is 2. The lowest BCUT2D eigenvalue weighted by molar-refractivity contribution is 0.668. The van der Waals surface area contributed by atoms with Gasteiger partial charge in [0.2, 0.25) is 0 Å². The van der Waals surface area contributed by atoms with Crippen molar-refractivity contribution in [3.8, 4) is 48.8 Å². The average molecular weight is 1430 g/mol. The molecule has 0 atom stereocenters. The lowest BCUT2D eigenvalue weighted by atomic mass is 10.0. The third-order valence-electron chi connectivity index (χ3n) is 19.6. The molecule has 6 aromatic rings. The summed E-state index contributed by atoms with van der Waals surface area (Å²) in [5.41, 5.74) is 12.8. The van der Waals surface area contributed by atoms with Crippen LogP contribution in [0.15, 0.2) is 35.0 Å². The van der Waals surface area contributed by atoms with Crippen LogP contribution < -0.4 is 18.4 Å². The van der Waals surface area contributed by atoms with E-state index in [9.17, 15) is 0 Å². The molecule has 0 saturated carbocycles. The highest BCUT2D eigenvalue weighted by molar-refractivity contribution is 7.32. The van der Waals surface area contributed by atoms with Crippen LogP contribution in [0.4, 0.5) is 22.7 Å². The van der Waals surface area contributed by atoms with Crippen molar-refractivity contribution < 1.29 is 0 Å². The first-order valence-electron chi connectivity index (χ1n) is 35.1. The van der Waals surface area contributed by atoms with E-state index < -0.39 is 49.4 Å². The van der Waals surface area contributed by atoms with Gasteiger partial charge >= 0.3 is 0 Å². The maximum absolute atomic E-state index is 4.66. The lowest BCUT2D eigenvalue weighted by Crippen LogP contribution is -2.64. The van der Waals surface area contributed by atoms with Crippen molar-refractivity contribution in [1.82, 2.24) is 0 Å². The normalized spacial score (nSPS) is 16.7. The quantitative estimate of drug-likeness (QED) is 0.0318. The van der Waals surface area contributed by atoms with Gasteiger partial charge in [0.05, 0.1) is 52.0 Å². The molecule has 2 aliphatic rings. The first kappa shape index (κ1) is 73.0.